The Morgan fingerprint density at radius 2 is 0.436 bits per heavy atom. The number of unbranched alkanes of at least 4 members (excludes halogenated alkanes) is 60. The van der Waals surface area contributed by atoms with Crippen LogP contribution in [0.5, 0.6) is 0 Å². The molecule has 0 aromatic carbocycles. The van der Waals surface area contributed by atoms with E-state index < -0.39 is 36.9 Å². The van der Waals surface area contributed by atoms with Gasteiger partial charge in [0.15, 0.2) is 0 Å². The van der Waals surface area contributed by atoms with Gasteiger partial charge in [-0.25, -0.2) is 0 Å². The summed E-state index contributed by atoms with van der Waals surface area (Å²) in [5.41, 5.74) is 0. The fourth-order valence-corrected chi connectivity index (χ4v) is 12.2. The van der Waals surface area contributed by atoms with Crippen LogP contribution in [0, 0.1) is 0 Å². The predicted octanol–water partition coefficient (Wildman–Crippen LogP) is 22.6. The molecule has 0 radical (unpaired) electrons. The highest BCUT2D eigenvalue weighted by molar-refractivity contribution is 5.80. The van der Waals surface area contributed by atoms with Crippen molar-refractivity contribution < 1.29 is 25.2 Å². The van der Waals surface area contributed by atoms with E-state index in [2.05, 4.69) is 19.2 Å². The molecule has 0 aliphatic heterocycles. The molecular formula is C72H145NO5. The first-order chi connectivity index (χ1) is 38.5. The third kappa shape index (κ3) is 59.9. The van der Waals surface area contributed by atoms with Gasteiger partial charge in [0.1, 0.15) is 12.2 Å². The average molecular weight is 1100 g/mol. The van der Waals surface area contributed by atoms with Crippen LogP contribution in [0.1, 0.15) is 425 Å². The van der Waals surface area contributed by atoms with E-state index in [1.54, 1.807) is 0 Å². The summed E-state index contributed by atoms with van der Waals surface area (Å²) in [4.78, 5) is 12.7. The molecule has 468 valence electrons. The van der Waals surface area contributed by atoms with E-state index in [4.69, 9.17) is 0 Å². The summed E-state index contributed by atoms with van der Waals surface area (Å²) in [5.74, 6) is -0.572. The van der Waals surface area contributed by atoms with Gasteiger partial charge in [-0.1, -0.05) is 412 Å². The van der Waals surface area contributed by atoms with Crippen LogP contribution in [0.15, 0.2) is 0 Å². The van der Waals surface area contributed by atoms with Gasteiger partial charge in [-0.2, -0.15) is 0 Å². The van der Waals surface area contributed by atoms with Crippen LogP contribution < -0.4 is 5.32 Å². The molecule has 4 unspecified atom stereocenters. The largest absolute Gasteiger partial charge is 0.394 e. The minimum Gasteiger partial charge on any atom is -0.394 e. The topological polar surface area (TPSA) is 110 Å². The van der Waals surface area contributed by atoms with Gasteiger partial charge in [0.2, 0.25) is 5.91 Å². The molecule has 78 heavy (non-hydrogen) atoms. The number of amides is 1. The van der Waals surface area contributed by atoms with Gasteiger partial charge in [-0.15, -0.1) is 0 Å². The highest BCUT2D eigenvalue weighted by Crippen LogP contribution is 2.21. The molecule has 0 rings (SSSR count). The molecule has 0 aromatic heterocycles. The highest BCUT2D eigenvalue weighted by Gasteiger charge is 2.28. The van der Waals surface area contributed by atoms with E-state index >= 15 is 0 Å². The third-order valence-corrected chi connectivity index (χ3v) is 17.8. The Labute approximate surface area is 490 Å². The summed E-state index contributed by atoms with van der Waals surface area (Å²) >= 11 is 0. The lowest BCUT2D eigenvalue weighted by Gasteiger charge is -2.27. The van der Waals surface area contributed by atoms with Crippen molar-refractivity contribution in [1.82, 2.24) is 5.32 Å². The molecule has 5 N–H and O–H groups in total. The van der Waals surface area contributed by atoms with Gasteiger partial charge in [0.25, 0.3) is 0 Å². The lowest BCUT2D eigenvalue weighted by Crippen LogP contribution is -2.53. The number of aliphatic hydroxyl groups excluding tert-OH is 4. The lowest BCUT2D eigenvalue weighted by molar-refractivity contribution is -0.132. The molecule has 0 spiro atoms. The van der Waals surface area contributed by atoms with Crippen molar-refractivity contribution in [2.45, 2.75) is 449 Å². The third-order valence-electron chi connectivity index (χ3n) is 17.8. The monoisotopic (exact) mass is 1100 g/mol. The maximum Gasteiger partial charge on any atom is 0.249 e. The number of hydrogen-bond donors (Lipinski definition) is 5. The van der Waals surface area contributed by atoms with E-state index in [1.165, 1.54) is 360 Å². The lowest BCUT2D eigenvalue weighted by atomic mass is 9.99. The zero-order chi connectivity index (χ0) is 56.6. The van der Waals surface area contributed by atoms with Crippen molar-refractivity contribution in [3.05, 3.63) is 0 Å². The Kier molecular flexibility index (Phi) is 66.5. The van der Waals surface area contributed by atoms with E-state index in [0.29, 0.717) is 12.8 Å². The van der Waals surface area contributed by atoms with Gasteiger partial charge in [0.05, 0.1) is 18.8 Å². The molecule has 0 saturated carbocycles. The van der Waals surface area contributed by atoms with Gasteiger partial charge < -0.3 is 25.7 Å². The van der Waals surface area contributed by atoms with Crippen molar-refractivity contribution >= 4 is 5.91 Å². The fraction of sp³-hybridized carbons (Fsp3) is 0.986. The first-order valence-corrected chi connectivity index (χ1v) is 36.4. The molecule has 0 aromatic rings. The van der Waals surface area contributed by atoms with E-state index in [-0.39, 0.29) is 0 Å². The number of nitrogens with one attached hydrogen (secondary N) is 1. The number of carbonyl (C=O) groups is 1. The molecule has 0 saturated heterocycles. The van der Waals surface area contributed by atoms with E-state index in [0.717, 1.165) is 38.5 Å². The number of hydrogen-bond acceptors (Lipinski definition) is 5. The summed E-state index contributed by atoms with van der Waals surface area (Å²) < 4.78 is 0. The number of carbonyl (C=O) groups excluding carboxylic acids is 1. The summed E-state index contributed by atoms with van der Waals surface area (Å²) in [5, 5.41) is 44.3. The molecule has 1 amide bonds. The zero-order valence-corrected chi connectivity index (χ0v) is 53.5. The Morgan fingerprint density at radius 1 is 0.269 bits per heavy atom. The Hall–Kier alpha value is -0.690. The highest BCUT2D eigenvalue weighted by atomic mass is 16.3. The first-order valence-electron chi connectivity index (χ1n) is 36.4. The maximum atomic E-state index is 12.7. The van der Waals surface area contributed by atoms with Crippen molar-refractivity contribution in [1.29, 1.82) is 0 Å². The molecule has 0 aliphatic carbocycles. The normalized spacial score (nSPS) is 13.4. The second-order valence-electron chi connectivity index (χ2n) is 25.7. The summed E-state index contributed by atoms with van der Waals surface area (Å²) in [6.45, 7) is 4.12. The van der Waals surface area contributed by atoms with Gasteiger partial charge in [-0.05, 0) is 12.8 Å². The molecule has 6 heteroatoms. The van der Waals surface area contributed by atoms with E-state index in [9.17, 15) is 25.2 Å². The molecule has 0 bridgehead atoms. The molecule has 4 atom stereocenters. The second-order valence-corrected chi connectivity index (χ2v) is 25.7. The van der Waals surface area contributed by atoms with Crippen molar-refractivity contribution in [3.8, 4) is 0 Å². The first kappa shape index (κ1) is 77.3. The van der Waals surface area contributed by atoms with Crippen molar-refractivity contribution in [2.24, 2.45) is 0 Å². The summed E-state index contributed by atoms with van der Waals surface area (Å²) in [6.07, 6.45) is 82.5. The second kappa shape index (κ2) is 67.1. The molecule has 0 aliphatic rings. The standard InChI is InChI=1S/C72H145NO5/c1-3-5-7-9-11-13-15-17-19-21-23-25-27-29-31-33-35-36-38-40-42-44-46-48-50-52-54-56-58-60-62-64-66-70(76)72(78)73-68(67-74)71(77)69(75)65-63-61-59-57-55-53-51-49-47-45-43-41-39-37-34-32-30-28-26-24-22-20-18-16-14-12-10-8-6-4-2/h68-71,74-77H,3-67H2,1-2H3,(H,73,78). The summed E-state index contributed by atoms with van der Waals surface area (Å²) in [7, 11) is 0. The number of rotatable bonds is 69. The zero-order valence-electron chi connectivity index (χ0n) is 53.5. The van der Waals surface area contributed by atoms with Gasteiger partial charge in [0, 0.05) is 0 Å². The molecular weight excluding hydrogens is 959 g/mol. The minimum atomic E-state index is -1.26. The van der Waals surface area contributed by atoms with Crippen LogP contribution in [-0.4, -0.2) is 57.3 Å². The Balaban J connectivity index is 3.49. The van der Waals surface area contributed by atoms with Crippen LogP contribution >= 0.6 is 0 Å². The Morgan fingerprint density at radius 3 is 0.615 bits per heavy atom. The van der Waals surface area contributed by atoms with Crippen LogP contribution in [0.2, 0.25) is 0 Å². The number of aliphatic hydroxyl groups is 4. The van der Waals surface area contributed by atoms with Crippen LogP contribution in [-0.2, 0) is 4.79 Å². The van der Waals surface area contributed by atoms with Crippen LogP contribution in [0.4, 0.5) is 0 Å². The van der Waals surface area contributed by atoms with Crippen molar-refractivity contribution in [3.63, 3.8) is 0 Å². The molecule has 0 fully saturated rings. The quantitative estimate of drug-likeness (QED) is 0.0390. The minimum absolute atomic E-state index is 0.377. The van der Waals surface area contributed by atoms with Gasteiger partial charge in [-0.3, -0.25) is 4.79 Å². The SMILES string of the molecule is CCCCCCCCCCCCCCCCCCCCCCCCCCCCCCCCCCC(O)C(=O)NC(CO)C(O)C(O)CCCCCCCCCCCCCCCCCCCCCCCCCCCCCCCC. The van der Waals surface area contributed by atoms with Crippen LogP contribution in [0.3, 0.4) is 0 Å². The van der Waals surface area contributed by atoms with Crippen LogP contribution in [0.25, 0.3) is 0 Å². The Bertz CT molecular complexity index is 1100. The molecule has 6 nitrogen and oxygen atoms in total. The average Bonchev–Trinajstić information content (AvgIpc) is 3.45. The van der Waals surface area contributed by atoms with E-state index in [1.807, 2.05) is 0 Å². The predicted molar refractivity (Wildman–Crippen MR) is 344 cm³/mol. The maximum absolute atomic E-state index is 12.7. The fourth-order valence-electron chi connectivity index (χ4n) is 12.2. The summed E-state index contributed by atoms with van der Waals surface area (Å²) in [6, 6.07) is -0.982. The van der Waals surface area contributed by atoms with Gasteiger partial charge >= 0.3 is 0 Å². The molecule has 0 heterocycles. The smallest absolute Gasteiger partial charge is 0.249 e. The van der Waals surface area contributed by atoms with Crippen molar-refractivity contribution in [2.75, 3.05) is 6.61 Å².